The number of methoxy groups -OCH3 is 1. The van der Waals surface area contributed by atoms with Gasteiger partial charge in [0, 0.05) is 6.61 Å². The lowest BCUT2D eigenvalue weighted by atomic mass is 10.1. The molecule has 0 atom stereocenters. The van der Waals surface area contributed by atoms with E-state index in [9.17, 15) is 0 Å². The van der Waals surface area contributed by atoms with Gasteiger partial charge in [-0.25, -0.2) is 0 Å². The van der Waals surface area contributed by atoms with E-state index in [1.165, 1.54) is 32.1 Å². The maximum absolute atomic E-state index is 6.01. The van der Waals surface area contributed by atoms with Crippen LogP contribution < -0.4 is 9.16 Å². The normalized spacial score (nSPS) is 11.4. The van der Waals surface area contributed by atoms with Gasteiger partial charge in [-0.3, -0.25) is 0 Å². The first-order chi connectivity index (χ1) is 10.1. The second kappa shape index (κ2) is 9.85. The van der Waals surface area contributed by atoms with Gasteiger partial charge in [-0.1, -0.05) is 39.0 Å². The van der Waals surface area contributed by atoms with Crippen molar-refractivity contribution < 1.29 is 13.6 Å². The SMILES string of the molecule is CCCCCCCCO[Si](C)(C)Oc1ccc(OC)cc1. The summed E-state index contributed by atoms with van der Waals surface area (Å²) < 4.78 is 17.1. The predicted molar refractivity (Wildman–Crippen MR) is 90.4 cm³/mol. The standard InChI is InChI=1S/C17H30O3Si/c1-5-6-7-8-9-10-15-19-21(3,4)20-17-13-11-16(18-2)12-14-17/h11-14H,5-10,15H2,1-4H3. The van der Waals surface area contributed by atoms with Crippen molar-refractivity contribution in [2.45, 2.75) is 58.5 Å². The predicted octanol–water partition coefficient (Wildman–Crippen LogP) is 5.15. The first-order valence-corrected chi connectivity index (χ1v) is 10.9. The molecule has 0 heterocycles. The van der Waals surface area contributed by atoms with Gasteiger partial charge in [0.2, 0.25) is 0 Å². The van der Waals surface area contributed by atoms with Gasteiger partial charge in [-0.2, -0.15) is 0 Å². The average molecular weight is 311 g/mol. The van der Waals surface area contributed by atoms with Crippen molar-refractivity contribution in [3.05, 3.63) is 24.3 Å². The van der Waals surface area contributed by atoms with E-state index < -0.39 is 8.56 Å². The third-order valence-corrected chi connectivity index (χ3v) is 5.00. The van der Waals surface area contributed by atoms with Gasteiger partial charge < -0.3 is 13.6 Å². The molecule has 3 nitrogen and oxygen atoms in total. The fourth-order valence-electron chi connectivity index (χ4n) is 2.16. The van der Waals surface area contributed by atoms with E-state index in [2.05, 4.69) is 20.0 Å². The molecule has 0 aliphatic heterocycles. The Hall–Kier alpha value is -1.00. The number of hydrogen-bond acceptors (Lipinski definition) is 3. The topological polar surface area (TPSA) is 27.7 Å². The van der Waals surface area contributed by atoms with Crippen LogP contribution in [0.3, 0.4) is 0 Å². The summed E-state index contributed by atoms with van der Waals surface area (Å²) >= 11 is 0. The third-order valence-electron chi connectivity index (χ3n) is 3.37. The highest BCUT2D eigenvalue weighted by Crippen LogP contribution is 2.21. The molecular weight excluding hydrogens is 280 g/mol. The van der Waals surface area contributed by atoms with E-state index in [4.69, 9.17) is 13.6 Å². The molecule has 4 heteroatoms. The molecule has 0 bridgehead atoms. The van der Waals surface area contributed by atoms with Gasteiger partial charge in [0.05, 0.1) is 7.11 Å². The van der Waals surface area contributed by atoms with Crippen LogP contribution in [0.15, 0.2) is 24.3 Å². The fourth-order valence-corrected chi connectivity index (χ4v) is 3.56. The Kier molecular flexibility index (Phi) is 8.46. The lowest BCUT2D eigenvalue weighted by Gasteiger charge is -2.24. The zero-order valence-electron chi connectivity index (χ0n) is 14.0. The molecule has 0 spiro atoms. The zero-order valence-corrected chi connectivity index (χ0v) is 15.0. The Labute approximate surface area is 130 Å². The summed E-state index contributed by atoms with van der Waals surface area (Å²) in [5.74, 6) is 1.70. The number of rotatable bonds is 11. The van der Waals surface area contributed by atoms with Gasteiger partial charge in [-0.05, 0) is 43.8 Å². The molecule has 0 aromatic heterocycles. The van der Waals surface area contributed by atoms with Crippen molar-refractivity contribution in [2.75, 3.05) is 13.7 Å². The Morgan fingerprint density at radius 1 is 0.857 bits per heavy atom. The highest BCUT2D eigenvalue weighted by atomic mass is 28.4. The summed E-state index contributed by atoms with van der Waals surface area (Å²) in [6, 6.07) is 7.68. The molecule has 21 heavy (non-hydrogen) atoms. The smallest absolute Gasteiger partial charge is 0.392 e. The molecule has 0 radical (unpaired) electrons. The molecule has 1 aromatic rings. The van der Waals surface area contributed by atoms with Crippen molar-refractivity contribution in [1.29, 1.82) is 0 Å². The van der Waals surface area contributed by atoms with E-state index in [0.29, 0.717) is 0 Å². The minimum Gasteiger partial charge on any atom is -0.520 e. The Morgan fingerprint density at radius 3 is 2.05 bits per heavy atom. The van der Waals surface area contributed by atoms with E-state index in [-0.39, 0.29) is 0 Å². The minimum absolute atomic E-state index is 0.807. The van der Waals surface area contributed by atoms with Crippen molar-refractivity contribution >= 4 is 8.56 Å². The highest BCUT2D eigenvalue weighted by Gasteiger charge is 2.26. The van der Waals surface area contributed by atoms with Crippen LogP contribution in [0.1, 0.15) is 45.4 Å². The van der Waals surface area contributed by atoms with Crippen LogP contribution in [-0.4, -0.2) is 22.3 Å². The molecular formula is C17H30O3Si. The quantitative estimate of drug-likeness (QED) is 0.418. The maximum Gasteiger partial charge on any atom is 0.392 e. The largest absolute Gasteiger partial charge is 0.520 e. The first-order valence-electron chi connectivity index (χ1n) is 8.04. The van der Waals surface area contributed by atoms with Crippen LogP contribution in [0.4, 0.5) is 0 Å². The monoisotopic (exact) mass is 310 g/mol. The molecule has 1 rings (SSSR count). The zero-order chi connectivity index (χ0) is 15.6. The molecule has 0 aliphatic carbocycles. The molecule has 0 unspecified atom stereocenters. The summed E-state index contributed by atoms with van der Waals surface area (Å²) in [6.45, 7) is 7.23. The van der Waals surface area contributed by atoms with E-state index in [1.807, 2.05) is 24.3 Å². The Bertz CT molecular complexity index is 376. The molecule has 0 saturated carbocycles. The molecule has 0 fully saturated rings. The van der Waals surface area contributed by atoms with Gasteiger partial charge in [0.25, 0.3) is 0 Å². The van der Waals surface area contributed by atoms with Crippen molar-refractivity contribution in [1.82, 2.24) is 0 Å². The average Bonchev–Trinajstić information content (AvgIpc) is 2.46. The summed E-state index contributed by atoms with van der Waals surface area (Å²) in [5, 5.41) is 0. The Morgan fingerprint density at radius 2 is 1.43 bits per heavy atom. The molecule has 0 aliphatic rings. The summed E-state index contributed by atoms with van der Waals surface area (Å²) in [5.41, 5.74) is 0. The number of hydrogen-bond donors (Lipinski definition) is 0. The Balaban J connectivity index is 2.22. The molecule has 0 N–H and O–H groups in total. The first kappa shape index (κ1) is 18.0. The minimum atomic E-state index is -2.09. The van der Waals surface area contributed by atoms with Crippen LogP contribution in [0.2, 0.25) is 13.1 Å². The van der Waals surface area contributed by atoms with Crippen LogP contribution in [0.25, 0.3) is 0 Å². The molecule has 120 valence electrons. The molecule has 0 saturated heterocycles. The second-order valence-corrected chi connectivity index (χ2v) is 9.09. The van der Waals surface area contributed by atoms with Crippen molar-refractivity contribution in [3.63, 3.8) is 0 Å². The van der Waals surface area contributed by atoms with E-state index in [0.717, 1.165) is 24.5 Å². The summed E-state index contributed by atoms with van der Waals surface area (Å²) in [4.78, 5) is 0. The van der Waals surface area contributed by atoms with Gasteiger partial charge in [-0.15, -0.1) is 0 Å². The van der Waals surface area contributed by atoms with Gasteiger partial charge in [0.1, 0.15) is 11.5 Å². The van der Waals surface area contributed by atoms with Crippen LogP contribution in [0, 0.1) is 0 Å². The van der Waals surface area contributed by atoms with E-state index in [1.54, 1.807) is 7.11 Å². The van der Waals surface area contributed by atoms with Crippen LogP contribution in [-0.2, 0) is 4.43 Å². The lowest BCUT2D eigenvalue weighted by Crippen LogP contribution is -2.38. The number of benzene rings is 1. The van der Waals surface area contributed by atoms with E-state index >= 15 is 0 Å². The molecule has 1 aromatic carbocycles. The highest BCUT2D eigenvalue weighted by molar-refractivity contribution is 6.65. The number of unbranched alkanes of at least 4 members (excludes halogenated alkanes) is 5. The van der Waals surface area contributed by atoms with Gasteiger partial charge >= 0.3 is 8.56 Å². The number of ether oxygens (including phenoxy) is 1. The van der Waals surface area contributed by atoms with Crippen LogP contribution in [0.5, 0.6) is 11.5 Å². The maximum atomic E-state index is 6.01. The van der Waals surface area contributed by atoms with Crippen LogP contribution >= 0.6 is 0 Å². The fraction of sp³-hybridized carbons (Fsp3) is 0.647. The van der Waals surface area contributed by atoms with Crippen molar-refractivity contribution in [3.8, 4) is 11.5 Å². The summed E-state index contributed by atoms with van der Waals surface area (Å²) in [6.07, 6.45) is 7.70. The van der Waals surface area contributed by atoms with Gasteiger partial charge in [0.15, 0.2) is 0 Å². The lowest BCUT2D eigenvalue weighted by molar-refractivity contribution is 0.240. The van der Waals surface area contributed by atoms with Crippen molar-refractivity contribution in [2.24, 2.45) is 0 Å². The third kappa shape index (κ3) is 8.12. The summed E-state index contributed by atoms with van der Waals surface area (Å²) in [7, 11) is -0.423. The second-order valence-electron chi connectivity index (χ2n) is 5.79. The molecule has 0 amide bonds.